The van der Waals surface area contributed by atoms with Gasteiger partial charge in [0.25, 0.3) is 5.91 Å². The van der Waals surface area contributed by atoms with Gasteiger partial charge in [0, 0.05) is 64.0 Å². The fourth-order valence-electron chi connectivity index (χ4n) is 4.45. The monoisotopic (exact) mass is 490 g/mol. The molecular formula is C25H32Cl2N4O2. The van der Waals surface area contributed by atoms with Gasteiger partial charge in [-0.2, -0.15) is 0 Å². The summed E-state index contributed by atoms with van der Waals surface area (Å²) in [7, 11) is 0. The highest BCUT2D eigenvalue weighted by atomic mass is 35.5. The molecule has 0 aliphatic carbocycles. The molecule has 2 N–H and O–H groups in total. The van der Waals surface area contributed by atoms with Crippen molar-refractivity contribution in [1.29, 1.82) is 0 Å². The zero-order valence-electron chi connectivity index (χ0n) is 19.1. The molecule has 178 valence electrons. The maximum absolute atomic E-state index is 12.5. The number of likely N-dealkylation sites (tertiary alicyclic amines) is 1. The van der Waals surface area contributed by atoms with Gasteiger partial charge >= 0.3 is 0 Å². The summed E-state index contributed by atoms with van der Waals surface area (Å²) in [5, 5.41) is 7.34. The average Bonchev–Trinajstić information content (AvgIpc) is 3.24. The van der Waals surface area contributed by atoms with Crippen LogP contribution in [0.2, 0.25) is 10.0 Å². The summed E-state index contributed by atoms with van der Waals surface area (Å²) >= 11 is 12.0. The van der Waals surface area contributed by atoms with Crippen LogP contribution in [0.5, 0.6) is 5.75 Å². The number of hydrogen-bond acceptors (Lipinski definition) is 5. The van der Waals surface area contributed by atoms with Crippen molar-refractivity contribution < 1.29 is 9.53 Å². The second-order valence-electron chi connectivity index (χ2n) is 8.86. The molecule has 0 unspecified atom stereocenters. The zero-order valence-corrected chi connectivity index (χ0v) is 20.6. The number of piperazine rings is 1. The van der Waals surface area contributed by atoms with Crippen LogP contribution in [0.4, 0.5) is 0 Å². The van der Waals surface area contributed by atoms with Crippen LogP contribution in [0.1, 0.15) is 27.9 Å². The number of nitrogens with one attached hydrogen (secondary N) is 2. The number of hydrogen-bond donors (Lipinski definition) is 2. The number of aryl methyl sites for hydroxylation is 1. The summed E-state index contributed by atoms with van der Waals surface area (Å²) in [6.07, 6.45) is 0.930. The third kappa shape index (κ3) is 6.84. The predicted octanol–water partition coefficient (Wildman–Crippen LogP) is 3.59. The van der Waals surface area contributed by atoms with Gasteiger partial charge in [-0.15, -0.1) is 0 Å². The van der Waals surface area contributed by atoms with E-state index in [0.717, 1.165) is 70.1 Å². The van der Waals surface area contributed by atoms with E-state index >= 15 is 0 Å². The minimum Gasteiger partial charge on any atom is -0.492 e. The number of rotatable bonds is 8. The van der Waals surface area contributed by atoms with Crippen molar-refractivity contribution in [2.75, 3.05) is 52.4 Å². The van der Waals surface area contributed by atoms with E-state index in [9.17, 15) is 4.79 Å². The van der Waals surface area contributed by atoms with E-state index in [0.29, 0.717) is 22.2 Å². The second kappa shape index (κ2) is 11.5. The first kappa shape index (κ1) is 24.3. The van der Waals surface area contributed by atoms with Gasteiger partial charge in [0.05, 0.1) is 10.0 Å². The molecule has 1 atom stereocenters. The highest BCUT2D eigenvalue weighted by molar-refractivity contribution is 6.42. The molecule has 0 radical (unpaired) electrons. The van der Waals surface area contributed by atoms with E-state index < -0.39 is 0 Å². The number of benzene rings is 2. The second-order valence-corrected chi connectivity index (χ2v) is 9.68. The number of carbonyl (C=O) groups excluding carboxylic acids is 1. The molecule has 8 heteroatoms. The number of carbonyl (C=O) groups is 1. The Balaban J connectivity index is 1.23. The standard InChI is InChI=1S/C25H32Cl2N4O2/c1-18-14-19(2-5-24(18)33-13-12-30-10-7-28-8-11-30)16-31-9-6-21(17-31)29-25(32)20-3-4-22(26)23(27)15-20/h2-5,14-15,21,28H,6-13,16-17H2,1H3,(H,29,32)/t21-/m0/s1. The summed E-state index contributed by atoms with van der Waals surface area (Å²) in [4.78, 5) is 17.4. The molecule has 0 bridgehead atoms. The fraction of sp³-hybridized carbons (Fsp3) is 0.480. The maximum Gasteiger partial charge on any atom is 0.251 e. The van der Waals surface area contributed by atoms with Crippen molar-refractivity contribution in [3.05, 3.63) is 63.1 Å². The highest BCUT2D eigenvalue weighted by Gasteiger charge is 2.24. The molecule has 2 aliphatic rings. The number of nitrogens with zero attached hydrogens (tertiary/aromatic N) is 2. The summed E-state index contributed by atoms with van der Waals surface area (Å²) in [5.41, 5.74) is 2.96. The van der Waals surface area contributed by atoms with Gasteiger partial charge in [0.1, 0.15) is 12.4 Å². The van der Waals surface area contributed by atoms with Crippen LogP contribution in [-0.4, -0.2) is 74.2 Å². The van der Waals surface area contributed by atoms with Crippen molar-refractivity contribution in [3.63, 3.8) is 0 Å². The van der Waals surface area contributed by atoms with Gasteiger partial charge in [-0.1, -0.05) is 35.3 Å². The van der Waals surface area contributed by atoms with E-state index in [1.54, 1.807) is 18.2 Å². The normalized spacial score (nSPS) is 19.5. The van der Waals surface area contributed by atoms with Crippen LogP contribution in [0.3, 0.4) is 0 Å². The molecule has 2 aliphatic heterocycles. The Labute approximate surface area is 206 Å². The van der Waals surface area contributed by atoms with E-state index in [1.807, 2.05) is 0 Å². The van der Waals surface area contributed by atoms with Gasteiger partial charge in [-0.05, 0) is 48.7 Å². The average molecular weight is 491 g/mol. The smallest absolute Gasteiger partial charge is 0.251 e. The lowest BCUT2D eigenvalue weighted by molar-refractivity contribution is 0.0937. The van der Waals surface area contributed by atoms with Gasteiger partial charge in [0.2, 0.25) is 0 Å². The molecule has 33 heavy (non-hydrogen) atoms. The van der Waals surface area contributed by atoms with Gasteiger partial charge in [-0.3, -0.25) is 14.6 Å². The molecule has 2 aromatic carbocycles. The molecule has 2 aromatic rings. The maximum atomic E-state index is 12.5. The van der Waals surface area contributed by atoms with Crippen LogP contribution in [-0.2, 0) is 6.54 Å². The van der Waals surface area contributed by atoms with E-state index in [1.165, 1.54) is 5.56 Å². The summed E-state index contributed by atoms with van der Waals surface area (Å²) in [5.74, 6) is 0.848. The molecule has 2 heterocycles. The Kier molecular flexibility index (Phi) is 8.50. The molecule has 0 spiro atoms. The summed E-state index contributed by atoms with van der Waals surface area (Å²) < 4.78 is 6.04. The largest absolute Gasteiger partial charge is 0.492 e. The molecule has 2 saturated heterocycles. The Bertz CT molecular complexity index is 965. The van der Waals surface area contributed by atoms with Crippen LogP contribution < -0.4 is 15.4 Å². The summed E-state index contributed by atoms with van der Waals surface area (Å²) in [6.45, 7) is 10.7. The molecule has 2 fully saturated rings. The zero-order chi connectivity index (χ0) is 23.2. The summed E-state index contributed by atoms with van der Waals surface area (Å²) in [6, 6.07) is 11.5. The molecule has 1 amide bonds. The Hall–Kier alpha value is -1.83. The topological polar surface area (TPSA) is 56.8 Å². The number of amides is 1. The number of ether oxygens (including phenoxy) is 1. The third-order valence-corrected chi connectivity index (χ3v) is 7.05. The van der Waals surface area contributed by atoms with Crippen molar-refractivity contribution >= 4 is 29.1 Å². The van der Waals surface area contributed by atoms with Gasteiger partial charge < -0.3 is 15.4 Å². The first-order chi connectivity index (χ1) is 16.0. The molecule has 0 saturated carbocycles. The first-order valence-corrected chi connectivity index (χ1v) is 12.4. The van der Waals surface area contributed by atoms with Gasteiger partial charge in [-0.25, -0.2) is 0 Å². The number of halogens is 2. The quantitative estimate of drug-likeness (QED) is 0.591. The molecular weight excluding hydrogens is 459 g/mol. The highest BCUT2D eigenvalue weighted by Crippen LogP contribution is 2.24. The SMILES string of the molecule is Cc1cc(CN2CC[C@H](NC(=O)c3ccc(Cl)c(Cl)c3)C2)ccc1OCCN1CCNCC1. The Morgan fingerprint density at radius 1 is 1.09 bits per heavy atom. The minimum atomic E-state index is -0.112. The lowest BCUT2D eigenvalue weighted by Crippen LogP contribution is -2.44. The molecule has 6 nitrogen and oxygen atoms in total. The fourth-order valence-corrected chi connectivity index (χ4v) is 4.75. The van der Waals surface area contributed by atoms with Crippen LogP contribution in [0, 0.1) is 6.92 Å². The lowest BCUT2D eigenvalue weighted by Gasteiger charge is -2.27. The van der Waals surface area contributed by atoms with Crippen LogP contribution in [0.15, 0.2) is 36.4 Å². The lowest BCUT2D eigenvalue weighted by atomic mass is 10.1. The van der Waals surface area contributed by atoms with Gasteiger partial charge in [0.15, 0.2) is 0 Å². The van der Waals surface area contributed by atoms with Crippen molar-refractivity contribution in [3.8, 4) is 5.75 Å². The minimum absolute atomic E-state index is 0.112. The Morgan fingerprint density at radius 2 is 1.91 bits per heavy atom. The van der Waals surface area contributed by atoms with Crippen LogP contribution >= 0.6 is 23.2 Å². The van der Waals surface area contributed by atoms with Crippen molar-refractivity contribution in [1.82, 2.24) is 20.4 Å². The molecule has 4 rings (SSSR count). The third-order valence-electron chi connectivity index (χ3n) is 6.31. The van der Waals surface area contributed by atoms with Crippen LogP contribution in [0.25, 0.3) is 0 Å². The van der Waals surface area contributed by atoms with E-state index in [-0.39, 0.29) is 11.9 Å². The Morgan fingerprint density at radius 3 is 2.67 bits per heavy atom. The first-order valence-electron chi connectivity index (χ1n) is 11.6. The van der Waals surface area contributed by atoms with Crippen molar-refractivity contribution in [2.45, 2.75) is 25.9 Å². The van der Waals surface area contributed by atoms with Crippen molar-refractivity contribution in [2.24, 2.45) is 0 Å². The van der Waals surface area contributed by atoms with E-state index in [4.69, 9.17) is 27.9 Å². The van der Waals surface area contributed by atoms with E-state index in [2.05, 4.69) is 45.6 Å². The predicted molar refractivity (Wildman–Crippen MR) is 134 cm³/mol. The molecule has 0 aromatic heterocycles.